The van der Waals surface area contributed by atoms with E-state index in [0.29, 0.717) is 24.7 Å². The fraction of sp³-hybridized carbons (Fsp3) is 0.600. The van der Waals surface area contributed by atoms with Gasteiger partial charge >= 0.3 is 5.97 Å². The summed E-state index contributed by atoms with van der Waals surface area (Å²) in [7, 11) is 3.23. The number of carbonyl (C=O) groups excluding carboxylic acids is 2. The van der Waals surface area contributed by atoms with Crippen LogP contribution in [0.1, 0.15) is 40.2 Å². The molecule has 3 rings (SSSR count). The molecule has 31 heavy (non-hydrogen) atoms. The highest BCUT2D eigenvalue weighted by Gasteiger charge is 2.61. The van der Waals surface area contributed by atoms with Gasteiger partial charge in [-0.1, -0.05) is 32.9 Å². The van der Waals surface area contributed by atoms with Gasteiger partial charge in [-0.15, -0.1) is 0 Å². The number of likely N-dealkylation sites (tertiary alicyclic amines) is 1. The van der Waals surface area contributed by atoms with Crippen molar-refractivity contribution in [3.05, 3.63) is 35.9 Å². The molecule has 0 saturated carbocycles. The Morgan fingerprint density at radius 3 is 2.48 bits per heavy atom. The molecular weight excluding hydrogens is 394 g/mol. The SMILES string of the molecule is CCOC(=O)[C@]1(C)[C@@H]2[C@H](C=C[C@H]1C)C(=O)N(Cc1ccc(OC)cc1OC)[C@H]2C(C)C. The molecule has 6 nitrogen and oxygen atoms in total. The molecule has 1 aromatic carbocycles. The fourth-order valence-electron chi connectivity index (χ4n) is 5.35. The highest BCUT2D eigenvalue weighted by molar-refractivity contribution is 5.88. The van der Waals surface area contributed by atoms with E-state index in [1.54, 1.807) is 14.2 Å². The molecule has 170 valence electrons. The molecule has 0 N–H and O–H groups in total. The zero-order valence-electron chi connectivity index (χ0n) is 19.7. The summed E-state index contributed by atoms with van der Waals surface area (Å²) in [6, 6.07) is 5.55. The van der Waals surface area contributed by atoms with Crippen LogP contribution in [-0.2, 0) is 20.9 Å². The number of hydrogen-bond acceptors (Lipinski definition) is 5. The zero-order valence-corrected chi connectivity index (χ0v) is 19.7. The maximum atomic E-state index is 13.6. The van der Waals surface area contributed by atoms with Crippen LogP contribution in [-0.4, -0.2) is 43.6 Å². The largest absolute Gasteiger partial charge is 0.497 e. The van der Waals surface area contributed by atoms with E-state index in [1.165, 1.54) is 0 Å². The van der Waals surface area contributed by atoms with E-state index in [4.69, 9.17) is 14.2 Å². The summed E-state index contributed by atoms with van der Waals surface area (Å²) in [6.07, 6.45) is 4.00. The van der Waals surface area contributed by atoms with Gasteiger partial charge in [-0.05, 0) is 37.8 Å². The van der Waals surface area contributed by atoms with Gasteiger partial charge in [-0.3, -0.25) is 9.59 Å². The molecule has 0 unspecified atom stereocenters. The molecular formula is C25H35NO5. The summed E-state index contributed by atoms with van der Waals surface area (Å²) < 4.78 is 16.4. The van der Waals surface area contributed by atoms with Crippen molar-refractivity contribution in [1.82, 2.24) is 4.90 Å². The minimum absolute atomic E-state index is 0.0164. The van der Waals surface area contributed by atoms with E-state index < -0.39 is 5.41 Å². The van der Waals surface area contributed by atoms with E-state index in [0.717, 1.165) is 5.56 Å². The first-order valence-corrected chi connectivity index (χ1v) is 11.1. The van der Waals surface area contributed by atoms with Crippen LogP contribution in [0.3, 0.4) is 0 Å². The summed E-state index contributed by atoms with van der Waals surface area (Å²) in [5.41, 5.74) is 0.148. The number of allylic oxidation sites excluding steroid dienone is 1. The molecule has 6 heteroatoms. The van der Waals surface area contributed by atoms with E-state index in [-0.39, 0.29) is 41.6 Å². The summed E-state index contributed by atoms with van der Waals surface area (Å²) in [5.74, 6) is 0.901. The Hall–Kier alpha value is -2.50. The van der Waals surface area contributed by atoms with Crippen LogP contribution in [0.15, 0.2) is 30.4 Å². The first kappa shape index (κ1) is 23.2. The first-order valence-electron chi connectivity index (χ1n) is 11.1. The summed E-state index contributed by atoms with van der Waals surface area (Å²) in [5, 5.41) is 0. The number of esters is 1. The lowest BCUT2D eigenvalue weighted by Crippen LogP contribution is -2.52. The quantitative estimate of drug-likeness (QED) is 0.483. The Morgan fingerprint density at radius 2 is 1.90 bits per heavy atom. The molecule has 0 aromatic heterocycles. The summed E-state index contributed by atoms with van der Waals surface area (Å²) >= 11 is 0. The van der Waals surface area contributed by atoms with Crippen LogP contribution in [0.4, 0.5) is 0 Å². The standard InChI is InChI=1S/C25H35NO5/c1-8-31-24(28)25(5)16(4)9-12-19-21(25)22(15(2)3)26(23(19)27)14-17-10-11-18(29-6)13-20(17)30-7/h9-13,15-16,19,21-22H,8,14H2,1-7H3/t16-,19+,21-,22+,25+/m1/s1. The minimum atomic E-state index is -0.765. The Labute approximate surface area is 185 Å². The van der Waals surface area contributed by atoms with E-state index in [9.17, 15) is 9.59 Å². The van der Waals surface area contributed by atoms with Crippen LogP contribution in [0.25, 0.3) is 0 Å². The number of fused-ring (bicyclic) bond motifs is 1. The predicted octanol–water partition coefficient (Wildman–Crippen LogP) is 4.08. The predicted molar refractivity (Wildman–Crippen MR) is 119 cm³/mol. The summed E-state index contributed by atoms with van der Waals surface area (Å²) in [6.45, 7) is 10.8. The lowest BCUT2D eigenvalue weighted by molar-refractivity contribution is -0.163. The second kappa shape index (κ2) is 8.93. The van der Waals surface area contributed by atoms with E-state index in [2.05, 4.69) is 13.8 Å². The Kier molecular flexibility index (Phi) is 6.68. The van der Waals surface area contributed by atoms with Gasteiger partial charge in [-0.25, -0.2) is 0 Å². The minimum Gasteiger partial charge on any atom is -0.497 e. The number of amides is 1. The fourth-order valence-corrected chi connectivity index (χ4v) is 5.35. The van der Waals surface area contributed by atoms with Gasteiger partial charge in [0, 0.05) is 30.1 Å². The van der Waals surface area contributed by atoms with Gasteiger partial charge in [0.25, 0.3) is 0 Å². The number of ether oxygens (including phenoxy) is 3. The van der Waals surface area contributed by atoms with Crippen molar-refractivity contribution in [1.29, 1.82) is 0 Å². The van der Waals surface area contributed by atoms with Gasteiger partial charge < -0.3 is 19.1 Å². The topological polar surface area (TPSA) is 65.1 Å². The highest BCUT2D eigenvalue weighted by Crippen LogP contribution is 2.54. The smallest absolute Gasteiger partial charge is 0.312 e. The second-order valence-corrected chi connectivity index (χ2v) is 9.11. The van der Waals surface area contributed by atoms with Crippen LogP contribution in [0.5, 0.6) is 11.5 Å². The number of nitrogens with zero attached hydrogens (tertiary/aromatic N) is 1. The average molecular weight is 430 g/mol. The van der Waals surface area contributed by atoms with Gasteiger partial charge in [-0.2, -0.15) is 0 Å². The number of hydrogen-bond donors (Lipinski definition) is 0. The molecule has 0 radical (unpaired) electrons. The zero-order chi connectivity index (χ0) is 22.9. The van der Waals surface area contributed by atoms with Crippen molar-refractivity contribution in [2.24, 2.45) is 29.1 Å². The monoisotopic (exact) mass is 429 g/mol. The molecule has 1 saturated heterocycles. The molecule has 2 aliphatic rings. The highest BCUT2D eigenvalue weighted by atomic mass is 16.5. The third-order valence-corrected chi connectivity index (χ3v) is 7.16. The number of rotatable bonds is 7. The molecule has 1 amide bonds. The Bertz CT molecular complexity index is 863. The van der Waals surface area contributed by atoms with Crippen molar-refractivity contribution in [2.75, 3.05) is 20.8 Å². The lowest BCUT2D eigenvalue weighted by Gasteiger charge is -2.45. The Balaban J connectivity index is 2.04. The molecule has 1 aliphatic heterocycles. The van der Waals surface area contributed by atoms with Crippen molar-refractivity contribution in [2.45, 2.75) is 47.2 Å². The third-order valence-electron chi connectivity index (χ3n) is 7.16. The van der Waals surface area contributed by atoms with Crippen LogP contribution >= 0.6 is 0 Å². The first-order chi connectivity index (χ1) is 14.7. The van der Waals surface area contributed by atoms with Crippen molar-refractivity contribution >= 4 is 11.9 Å². The molecule has 1 fully saturated rings. The summed E-state index contributed by atoms with van der Waals surface area (Å²) in [4.78, 5) is 28.7. The normalized spacial score (nSPS) is 29.8. The van der Waals surface area contributed by atoms with Gasteiger partial charge in [0.15, 0.2) is 0 Å². The molecule has 1 aromatic rings. The number of methoxy groups -OCH3 is 2. The molecule has 5 atom stereocenters. The van der Waals surface area contributed by atoms with Gasteiger partial charge in [0.1, 0.15) is 11.5 Å². The number of benzene rings is 1. The van der Waals surface area contributed by atoms with Crippen molar-refractivity contribution in [3.63, 3.8) is 0 Å². The number of carbonyl (C=O) groups is 2. The third kappa shape index (κ3) is 3.81. The van der Waals surface area contributed by atoms with Gasteiger partial charge in [0.2, 0.25) is 5.91 Å². The lowest BCUT2D eigenvalue weighted by atomic mass is 9.58. The van der Waals surface area contributed by atoms with Gasteiger partial charge in [0.05, 0.1) is 32.2 Å². The molecule has 0 bridgehead atoms. The molecule has 1 heterocycles. The Morgan fingerprint density at radius 1 is 1.19 bits per heavy atom. The van der Waals surface area contributed by atoms with Crippen molar-refractivity contribution in [3.8, 4) is 11.5 Å². The molecule has 1 aliphatic carbocycles. The average Bonchev–Trinajstić information content (AvgIpc) is 3.03. The molecule has 0 spiro atoms. The van der Waals surface area contributed by atoms with Crippen LogP contribution < -0.4 is 9.47 Å². The second-order valence-electron chi connectivity index (χ2n) is 9.11. The maximum absolute atomic E-state index is 13.6. The maximum Gasteiger partial charge on any atom is 0.312 e. The van der Waals surface area contributed by atoms with Crippen molar-refractivity contribution < 1.29 is 23.8 Å². The van der Waals surface area contributed by atoms with Crippen LogP contribution in [0, 0.1) is 29.1 Å². The van der Waals surface area contributed by atoms with E-state index in [1.807, 2.05) is 56.0 Å². The van der Waals surface area contributed by atoms with E-state index >= 15 is 0 Å². The van der Waals surface area contributed by atoms with Crippen LogP contribution in [0.2, 0.25) is 0 Å².